The molecule has 2 aromatic heterocycles. The van der Waals surface area contributed by atoms with Crippen LogP contribution >= 0.6 is 0 Å². The van der Waals surface area contributed by atoms with E-state index < -0.39 is 6.10 Å². The largest absolute Gasteiger partial charge is 0.491 e. The summed E-state index contributed by atoms with van der Waals surface area (Å²) in [7, 11) is 3.92. The number of benzene rings is 1. The highest BCUT2D eigenvalue weighted by Crippen LogP contribution is 2.30. The topological polar surface area (TPSA) is 96.3 Å². The van der Waals surface area contributed by atoms with E-state index in [1.54, 1.807) is 19.4 Å². The number of hydrogen-bond acceptors (Lipinski definition) is 8. The Morgan fingerprint density at radius 3 is 2.64 bits per heavy atom. The van der Waals surface area contributed by atoms with Crippen LogP contribution < -0.4 is 15.0 Å². The molecule has 8 nitrogen and oxygen atoms in total. The van der Waals surface area contributed by atoms with Crippen molar-refractivity contribution >= 4 is 5.82 Å². The first kappa shape index (κ1) is 23.1. The number of nitrogens with zero attached hydrogens (tertiary/aromatic N) is 5. The van der Waals surface area contributed by atoms with Crippen molar-refractivity contribution in [2.45, 2.75) is 44.2 Å². The molecule has 1 fully saturated rings. The standard InChI is InChI=1S/C25H32N6O2/c1-26-15-21(32)16-33-22-10-6-7-18(11-22)25-29-23(19-13-27-17-28-14-19)12-24(30-25)31(2)20-8-4-3-5-9-20/h6-7,10-14,17,20-21,26,32H,3-5,8-9,15-16H2,1-2H3. The number of rotatable bonds is 9. The number of likely N-dealkylation sites (N-methyl/N-ethyl adjacent to an activating group) is 1. The van der Waals surface area contributed by atoms with Crippen LogP contribution in [0.4, 0.5) is 5.82 Å². The Bertz CT molecular complexity index is 1030. The molecule has 0 spiro atoms. The lowest BCUT2D eigenvalue weighted by molar-refractivity contribution is 0.108. The van der Waals surface area contributed by atoms with Gasteiger partial charge in [-0.05, 0) is 32.0 Å². The normalized spacial score (nSPS) is 15.2. The molecule has 1 atom stereocenters. The number of ether oxygens (including phenoxy) is 1. The molecule has 1 saturated carbocycles. The average molecular weight is 449 g/mol. The molecule has 2 heterocycles. The summed E-state index contributed by atoms with van der Waals surface area (Å²) in [6.07, 6.45) is 10.7. The van der Waals surface area contributed by atoms with Gasteiger partial charge in [-0.15, -0.1) is 0 Å². The molecule has 0 aliphatic heterocycles. The van der Waals surface area contributed by atoms with Crippen LogP contribution in [0.5, 0.6) is 5.75 Å². The molecule has 33 heavy (non-hydrogen) atoms. The average Bonchev–Trinajstić information content (AvgIpc) is 2.88. The van der Waals surface area contributed by atoms with Crippen LogP contribution in [0.3, 0.4) is 0 Å². The molecule has 8 heteroatoms. The second-order valence-electron chi connectivity index (χ2n) is 8.52. The SMILES string of the molecule is CNCC(O)COc1cccc(-c2nc(-c3cncnc3)cc(N(C)C3CCCCC3)n2)c1. The highest BCUT2D eigenvalue weighted by molar-refractivity contribution is 5.67. The molecule has 1 aliphatic carbocycles. The van der Waals surface area contributed by atoms with E-state index >= 15 is 0 Å². The minimum Gasteiger partial charge on any atom is -0.491 e. The van der Waals surface area contributed by atoms with Crippen molar-refractivity contribution in [2.75, 3.05) is 32.1 Å². The Labute approximate surface area is 195 Å². The van der Waals surface area contributed by atoms with Gasteiger partial charge in [-0.3, -0.25) is 0 Å². The molecule has 174 valence electrons. The third-order valence-corrected chi connectivity index (χ3v) is 6.03. The predicted molar refractivity (Wildman–Crippen MR) is 129 cm³/mol. The summed E-state index contributed by atoms with van der Waals surface area (Å²) < 4.78 is 5.79. The lowest BCUT2D eigenvalue weighted by Gasteiger charge is -2.32. The Hall–Kier alpha value is -3.10. The van der Waals surface area contributed by atoms with Gasteiger partial charge in [-0.2, -0.15) is 0 Å². The first-order chi connectivity index (χ1) is 16.1. The minimum atomic E-state index is -0.577. The zero-order valence-corrected chi connectivity index (χ0v) is 19.3. The van der Waals surface area contributed by atoms with Crippen molar-refractivity contribution in [3.8, 4) is 28.4 Å². The second-order valence-corrected chi connectivity index (χ2v) is 8.52. The van der Waals surface area contributed by atoms with E-state index in [4.69, 9.17) is 14.7 Å². The van der Waals surface area contributed by atoms with Crippen LogP contribution in [-0.2, 0) is 0 Å². The maximum atomic E-state index is 9.95. The van der Waals surface area contributed by atoms with Crippen LogP contribution in [0.25, 0.3) is 22.6 Å². The Morgan fingerprint density at radius 1 is 1.09 bits per heavy atom. The van der Waals surface area contributed by atoms with Crippen LogP contribution in [0.15, 0.2) is 49.1 Å². The predicted octanol–water partition coefficient (Wildman–Crippen LogP) is 3.33. The van der Waals surface area contributed by atoms with E-state index in [1.165, 1.54) is 38.4 Å². The van der Waals surface area contributed by atoms with Crippen molar-refractivity contribution < 1.29 is 9.84 Å². The molecule has 0 bridgehead atoms. The maximum Gasteiger partial charge on any atom is 0.162 e. The van der Waals surface area contributed by atoms with E-state index in [2.05, 4.69) is 27.2 Å². The molecular formula is C25H32N6O2. The fourth-order valence-electron chi connectivity index (χ4n) is 4.19. The summed E-state index contributed by atoms with van der Waals surface area (Å²) in [4.78, 5) is 20.4. The van der Waals surface area contributed by atoms with Gasteiger partial charge in [0.2, 0.25) is 0 Å². The molecule has 1 aliphatic rings. The van der Waals surface area contributed by atoms with Gasteiger partial charge in [0.25, 0.3) is 0 Å². The van der Waals surface area contributed by atoms with Gasteiger partial charge in [0.15, 0.2) is 5.82 Å². The maximum absolute atomic E-state index is 9.95. The summed E-state index contributed by atoms with van der Waals surface area (Å²) in [6, 6.07) is 10.2. The van der Waals surface area contributed by atoms with Crippen molar-refractivity contribution in [2.24, 2.45) is 0 Å². The summed E-state index contributed by atoms with van der Waals surface area (Å²) in [5.74, 6) is 2.18. The van der Waals surface area contributed by atoms with E-state index in [1.807, 2.05) is 30.3 Å². The molecule has 0 saturated heterocycles. The molecule has 4 rings (SSSR count). The third-order valence-electron chi connectivity index (χ3n) is 6.03. The first-order valence-corrected chi connectivity index (χ1v) is 11.6. The van der Waals surface area contributed by atoms with Crippen LogP contribution in [0.2, 0.25) is 0 Å². The Kier molecular flexibility index (Phi) is 7.80. The molecule has 1 aromatic carbocycles. The number of aliphatic hydroxyl groups excluding tert-OH is 1. The summed E-state index contributed by atoms with van der Waals surface area (Å²) in [5, 5.41) is 12.9. The van der Waals surface area contributed by atoms with Gasteiger partial charge < -0.3 is 20.1 Å². The second kappa shape index (κ2) is 11.2. The highest BCUT2D eigenvalue weighted by Gasteiger charge is 2.21. The zero-order chi connectivity index (χ0) is 23.0. The molecule has 1 unspecified atom stereocenters. The van der Waals surface area contributed by atoms with Gasteiger partial charge in [-0.25, -0.2) is 19.9 Å². The summed E-state index contributed by atoms with van der Waals surface area (Å²) in [6.45, 7) is 0.684. The lowest BCUT2D eigenvalue weighted by atomic mass is 9.94. The van der Waals surface area contributed by atoms with E-state index in [0.717, 1.165) is 22.6 Å². The molecule has 0 amide bonds. The van der Waals surface area contributed by atoms with Gasteiger partial charge in [-0.1, -0.05) is 31.4 Å². The first-order valence-electron chi connectivity index (χ1n) is 11.6. The zero-order valence-electron chi connectivity index (χ0n) is 19.3. The quantitative estimate of drug-likeness (QED) is 0.515. The number of aromatic nitrogens is 4. The van der Waals surface area contributed by atoms with E-state index in [0.29, 0.717) is 24.2 Å². The van der Waals surface area contributed by atoms with Crippen molar-refractivity contribution in [3.63, 3.8) is 0 Å². The monoisotopic (exact) mass is 448 g/mol. The van der Waals surface area contributed by atoms with Crippen molar-refractivity contribution in [1.82, 2.24) is 25.3 Å². The molecule has 3 aromatic rings. The summed E-state index contributed by atoms with van der Waals surface area (Å²) in [5.41, 5.74) is 2.49. The van der Waals surface area contributed by atoms with Crippen LogP contribution in [-0.4, -0.2) is 64.4 Å². The van der Waals surface area contributed by atoms with Crippen molar-refractivity contribution in [1.29, 1.82) is 0 Å². The van der Waals surface area contributed by atoms with Gasteiger partial charge in [0, 0.05) is 49.2 Å². The van der Waals surface area contributed by atoms with Gasteiger partial charge in [0.05, 0.1) is 5.69 Å². The van der Waals surface area contributed by atoms with Gasteiger partial charge >= 0.3 is 0 Å². The van der Waals surface area contributed by atoms with Gasteiger partial charge in [0.1, 0.15) is 30.6 Å². The van der Waals surface area contributed by atoms with Crippen molar-refractivity contribution in [3.05, 3.63) is 49.1 Å². The molecule has 0 radical (unpaired) electrons. The van der Waals surface area contributed by atoms with E-state index in [-0.39, 0.29) is 6.61 Å². The summed E-state index contributed by atoms with van der Waals surface area (Å²) >= 11 is 0. The van der Waals surface area contributed by atoms with E-state index in [9.17, 15) is 5.11 Å². The number of anilines is 1. The Morgan fingerprint density at radius 2 is 1.88 bits per heavy atom. The molecule has 2 N–H and O–H groups in total. The third kappa shape index (κ3) is 6.03. The fourth-order valence-corrected chi connectivity index (χ4v) is 4.19. The minimum absolute atomic E-state index is 0.211. The lowest BCUT2D eigenvalue weighted by Crippen LogP contribution is -2.34. The van der Waals surface area contributed by atoms with Crippen LogP contribution in [0.1, 0.15) is 32.1 Å². The number of nitrogens with one attached hydrogen (secondary N) is 1. The fraction of sp³-hybridized carbons (Fsp3) is 0.440. The smallest absolute Gasteiger partial charge is 0.162 e. The number of aliphatic hydroxyl groups is 1. The number of hydrogen-bond donors (Lipinski definition) is 2. The Balaban J connectivity index is 1.66. The van der Waals surface area contributed by atoms with Crippen LogP contribution in [0, 0.1) is 0 Å². The highest BCUT2D eigenvalue weighted by atomic mass is 16.5. The molecular weight excluding hydrogens is 416 g/mol.